The number of ether oxygens (including phenoxy) is 1. The van der Waals surface area contributed by atoms with Gasteiger partial charge in [-0.2, -0.15) is 0 Å². The molecule has 4 nitrogen and oxygen atoms in total. The molecular weight excluding hydrogens is 168 g/mol. The minimum absolute atomic E-state index is 0.0475. The molecule has 1 unspecified atom stereocenters. The standard InChI is InChI=1S/C9H12N2O2/c1-6-2-3-11-9(12)8(6)7-4-10-5-13-7/h2-3,7,10H,4-5H2,1H3,(H,11,12). The van der Waals surface area contributed by atoms with Crippen LogP contribution in [0.4, 0.5) is 0 Å². The molecule has 0 aliphatic carbocycles. The van der Waals surface area contributed by atoms with Gasteiger partial charge >= 0.3 is 0 Å². The highest BCUT2D eigenvalue weighted by Gasteiger charge is 2.21. The summed E-state index contributed by atoms with van der Waals surface area (Å²) in [5.74, 6) is 0. The first kappa shape index (κ1) is 8.47. The molecule has 1 aromatic heterocycles. The van der Waals surface area contributed by atoms with Crippen LogP contribution in [0.15, 0.2) is 17.1 Å². The van der Waals surface area contributed by atoms with E-state index in [1.165, 1.54) is 0 Å². The van der Waals surface area contributed by atoms with Gasteiger partial charge in [0.05, 0.1) is 12.3 Å². The van der Waals surface area contributed by atoms with E-state index < -0.39 is 0 Å². The number of hydrogen-bond acceptors (Lipinski definition) is 3. The Hall–Kier alpha value is -1.13. The summed E-state index contributed by atoms with van der Waals surface area (Å²) in [6, 6.07) is 1.89. The lowest BCUT2D eigenvalue weighted by Gasteiger charge is -2.09. The topological polar surface area (TPSA) is 54.1 Å². The average molecular weight is 180 g/mol. The van der Waals surface area contributed by atoms with Gasteiger partial charge in [0.2, 0.25) is 0 Å². The third-order valence-electron chi connectivity index (χ3n) is 2.26. The number of aromatic nitrogens is 1. The fraction of sp³-hybridized carbons (Fsp3) is 0.444. The number of nitrogens with one attached hydrogen (secondary N) is 2. The molecule has 1 aliphatic rings. The summed E-state index contributed by atoms with van der Waals surface area (Å²) in [6.07, 6.45) is 1.56. The Kier molecular flexibility index (Phi) is 2.16. The van der Waals surface area contributed by atoms with Crippen molar-refractivity contribution in [1.82, 2.24) is 10.3 Å². The normalized spacial score (nSPS) is 22.1. The molecule has 13 heavy (non-hydrogen) atoms. The van der Waals surface area contributed by atoms with Crippen LogP contribution in [0, 0.1) is 6.92 Å². The van der Waals surface area contributed by atoms with Gasteiger partial charge in [0, 0.05) is 12.7 Å². The van der Waals surface area contributed by atoms with Crippen LogP contribution in [0.25, 0.3) is 0 Å². The third-order valence-corrected chi connectivity index (χ3v) is 2.26. The molecule has 2 rings (SSSR count). The third kappa shape index (κ3) is 1.50. The quantitative estimate of drug-likeness (QED) is 0.653. The molecule has 0 saturated carbocycles. The Morgan fingerprint density at radius 2 is 2.46 bits per heavy atom. The van der Waals surface area contributed by atoms with E-state index in [2.05, 4.69) is 10.3 Å². The highest BCUT2D eigenvalue weighted by Crippen LogP contribution is 2.18. The second-order valence-electron chi connectivity index (χ2n) is 3.16. The zero-order chi connectivity index (χ0) is 9.26. The van der Waals surface area contributed by atoms with Gasteiger partial charge in [-0.3, -0.25) is 10.1 Å². The molecule has 0 aromatic carbocycles. The van der Waals surface area contributed by atoms with E-state index in [9.17, 15) is 4.79 Å². The number of aromatic amines is 1. The lowest BCUT2D eigenvalue weighted by Crippen LogP contribution is -2.19. The largest absolute Gasteiger partial charge is 0.357 e. The van der Waals surface area contributed by atoms with Crippen molar-refractivity contribution in [2.24, 2.45) is 0 Å². The van der Waals surface area contributed by atoms with Crippen LogP contribution in [0.5, 0.6) is 0 Å². The van der Waals surface area contributed by atoms with Crippen molar-refractivity contribution in [2.45, 2.75) is 13.0 Å². The Bertz CT molecular complexity index is 353. The van der Waals surface area contributed by atoms with Crippen LogP contribution in [0.2, 0.25) is 0 Å². The fourth-order valence-electron chi connectivity index (χ4n) is 1.58. The zero-order valence-corrected chi connectivity index (χ0v) is 7.46. The van der Waals surface area contributed by atoms with E-state index in [0.717, 1.165) is 11.1 Å². The van der Waals surface area contributed by atoms with E-state index in [4.69, 9.17) is 4.74 Å². The number of rotatable bonds is 1. The molecule has 70 valence electrons. The van der Waals surface area contributed by atoms with E-state index in [1.54, 1.807) is 6.20 Å². The second kappa shape index (κ2) is 3.32. The second-order valence-corrected chi connectivity index (χ2v) is 3.16. The smallest absolute Gasteiger partial charge is 0.254 e. The average Bonchev–Trinajstić information content (AvgIpc) is 2.57. The summed E-state index contributed by atoms with van der Waals surface area (Å²) in [4.78, 5) is 14.1. The molecule has 0 amide bonds. The lowest BCUT2D eigenvalue weighted by molar-refractivity contribution is 0.113. The van der Waals surface area contributed by atoms with Crippen molar-refractivity contribution >= 4 is 0 Å². The minimum atomic E-state index is -0.0926. The molecule has 1 saturated heterocycles. The molecule has 2 heterocycles. The molecule has 0 spiro atoms. The number of hydrogen-bond donors (Lipinski definition) is 2. The molecule has 0 radical (unpaired) electrons. The monoisotopic (exact) mass is 180 g/mol. The predicted octanol–water partition coefficient (Wildman–Crippen LogP) is 0.302. The van der Waals surface area contributed by atoms with Gasteiger partial charge in [-0.1, -0.05) is 0 Å². The Morgan fingerprint density at radius 3 is 3.08 bits per heavy atom. The van der Waals surface area contributed by atoms with E-state index in [-0.39, 0.29) is 11.7 Å². The van der Waals surface area contributed by atoms with Gasteiger partial charge in [-0.05, 0) is 18.6 Å². The molecule has 0 bridgehead atoms. The Morgan fingerprint density at radius 1 is 1.62 bits per heavy atom. The van der Waals surface area contributed by atoms with Crippen LogP contribution >= 0.6 is 0 Å². The van der Waals surface area contributed by atoms with Crippen LogP contribution in [0.1, 0.15) is 17.2 Å². The Labute approximate surface area is 75.9 Å². The van der Waals surface area contributed by atoms with Crippen LogP contribution in [0.3, 0.4) is 0 Å². The molecule has 4 heteroatoms. The van der Waals surface area contributed by atoms with Crippen LogP contribution < -0.4 is 10.9 Å². The van der Waals surface area contributed by atoms with E-state index >= 15 is 0 Å². The summed E-state index contributed by atoms with van der Waals surface area (Å²) in [7, 11) is 0. The van der Waals surface area contributed by atoms with Gasteiger partial charge < -0.3 is 9.72 Å². The van der Waals surface area contributed by atoms with E-state index in [0.29, 0.717) is 13.3 Å². The maximum absolute atomic E-state index is 11.5. The highest BCUT2D eigenvalue weighted by molar-refractivity contribution is 5.24. The SMILES string of the molecule is Cc1cc[nH]c(=O)c1C1CNCO1. The van der Waals surface area contributed by atoms with Crippen molar-refractivity contribution in [3.8, 4) is 0 Å². The number of pyridine rings is 1. The van der Waals surface area contributed by atoms with Gasteiger partial charge in [0.1, 0.15) is 6.10 Å². The molecule has 1 aliphatic heterocycles. The summed E-state index contributed by atoms with van der Waals surface area (Å²) < 4.78 is 5.37. The van der Waals surface area contributed by atoms with Crippen molar-refractivity contribution in [1.29, 1.82) is 0 Å². The molecule has 1 fully saturated rings. The predicted molar refractivity (Wildman–Crippen MR) is 48.5 cm³/mol. The number of aryl methyl sites for hydroxylation is 1. The Balaban J connectivity index is 2.43. The fourth-order valence-corrected chi connectivity index (χ4v) is 1.58. The van der Waals surface area contributed by atoms with Gasteiger partial charge in [-0.15, -0.1) is 0 Å². The minimum Gasteiger partial charge on any atom is -0.357 e. The summed E-state index contributed by atoms with van der Waals surface area (Å²) in [6.45, 7) is 3.17. The van der Waals surface area contributed by atoms with Gasteiger partial charge in [0.15, 0.2) is 0 Å². The van der Waals surface area contributed by atoms with Crippen molar-refractivity contribution in [2.75, 3.05) is 13.3 Å². The first-order valence-corrected chi connectivity index (χ1v) is 4.29. The maximum atomic E-state index is 11.5. The van der Waals surface area contributed by atoms with E-state index in [1.807, 2.05) is 13.0 Å². The van der Waals surface area contributed by atoms with Gasteiger partial charge in [-0.25, -0.2) is 0 Å². The van der Waals surface area contributed by atoms with Crippen LogP contribution in [-0.4, -0.2) is 18.3 Å². The molecule has 2 N–H and O–H groups in total. The van der Waals surface area contributed by atoms with Crippen molar-refractivity contribution < 1.29 is 4.74 Å². The van der Waals surface area contributed by atoms with Crippen molar-refractivity contribution in [3.05, 3.63) is 33.7 Å². The summed E-state index contributed by atoms with van der Waals surface area (Å²) in [5, 5.41) is 3.05. The van der Waals surface area contributed by atoms with Crippen molar-refractivity contribution in [3.63, 3.8) is 0 Å². The molecule has 1 aromatic rings. The number of H-pyrrole nitrogens is 1. The van der Waals surface area contributed by atoms with Crippen LogP contribution in [-0.2, 0) is 4.74 Å². The highest BCUT2D eigenvalue weighted by atomic mass is 16.5. The van der Waals surface area contributed by atoms with Gasteiger partial charge in [0.25, 0.3) is 5.56 Å². The molecular formula is C9H12N2O2. The lowest BCUT2D eigenvalue weighted by atomic mass is 10.1. The first-order valence-electron chi connectivity index (χ1n) is 4.29. The summed E-state index contributed by atoms with van der Waals surface area (Å²) >= 11 is 0. The zero-order valence-electron chi connectivity index (χ0n) is 7.46. The first-order chi connectivity index (χ1) is 6.29. The summed E-state index contributed by atoms with van der Waals surface area (Å²) in [5.41, 5.74) is 1.68. The maximum Gasteiger partial charge on any atom is 0.254 e. The molecule has 1 atom stereocenters.